The number of carbonyl (C=O) groups excluding carboxylic acids is 1. The van der Waals surface area contributed by atoms with Crippen LogP contribution in [0.3, 0.4) is 0 Å². The molecule has 0 aliphatic carbocycles. The van der Waals surface area contributed by atoms with Gasteiger partial charge in [0, 0.05) is 29.1 Å². The van der Waals surface area contributed by atoms with Gasteiger partial charge in [0.2, 0.25) is 5.91 Å². The van der Waals surface area contributed by atoms with Gasteiger partial charge in [-0.25, -0.2) is 4.98 Å². The molecule has 122 valence electrons. The van der Waals surface area contributed by atoms with Gasteiger partial charge in [0.05, 0.1) is 30.5 Å². The summed E-state index contributed by atoms with van der Waals surface area (Å²) in [5, 5.41) is 6.36. The Morgan fingerprint density at radius 1 is 1.35 bits per heavy atom. The Labute approximate surface area is 148 Å². The molecule has 0 radical (unpaired) electrons. The summed E-state index contributed by atoms with van der Waals surface area (Å²) in [5.41, 5.74) is 1.51. The van der Waals surface area contributed by atoms with E-state index in [4.69, 9.17) is 27.9 Å². The van der Waals surface area contributed by atoms with E-state index in [9.17, 15) is 4.79 Å². The van der Waals surface area contributed by atoms with Crippen LogP contribution in [0, 0.1) is 0 Å². The second-order valence-corrected chi connectivity index (χ2v) is 6.80. The molecule has 1 fully saturated rings. The van der Waals surface area contributed by atoms with Crippen molar-refractivity contribution in [1.29, 1.82) is 0 Å². The van der Waals surface area contributed by atoms with Crippen molar-refractivity contribution in [2.75, 3.05) is 38.2 Å². The van der Waals surface area contributed by atoms with Gasteiger partial charge in [0.1, 0.15) is 0 Å². The van der Waals surface area contributed by atoms with E-state index in [2.05, 4.69) is 15.2 Å². The summed E-state index contributed by atoms with van der Waals surface area (Å²) in [7, 11) is 0. The number of morpholine rings is 1. The maximum Gasteiger partial charge on any atom is 0.240 e. The SMILES string of the molecule is O=C(CN1CCOCC1)Nc1nc(-c2ccc(Cl)cc2Cl)cs1. The Hall–Kier alpha value is -1.18. The molecule has 1 N–H and O–H groups in total. The highest BCUT2D eigenvalue weighted by molar-refractivity contribution is 7.14. The van der Waals surface area contributed by atoms with Crippen LogP contribution in [0.2, 0.25) is 10.0 Å². The lowest BCUT2D eigenvalue weighted by molar-refractivity contribution is -0.118. The van der Waals surface area contributed by atoms with E-state index in [-0.39, 0.29) is 5.91 Å². The van der Waals surface area contributed by atoms with Crippen LogP contribution in [-0.2, 0) is 9.53 Å². The summed E-state index contributed by atoms with van der Waals surface area (Å²) < 4.78 is 5.27. The van der Waals surface area contributed by atoms with Gasteiger partial charge in [0.15, 0.2) is 5.13 Å². The Balaban J connectivity index is 1.63. The third kappa shape index (κ3) is 4.43. The van der Waals surface area contributed by atoms with Crippen molar-refractivity contribution < 1.29 is 9.53 Å². The number of nitrogens with zero attached hydrogens (tertiary/aromatic N) is 2. The highest BCUT2D eigenvalue weighted by Crippen LogP contribution is 2.32. The van der Waals surface area contributed by atoms with Crippen molar-refractivity contribution in [3.8, 4) is 11.3 Å². The average Bonchev–Trinajstić information content (AvgIpc) is 2.96. The minimum absolute atomic E-state index is 0.0741. The first-order valence-electron chi connectivity index (χ1n) is 7.13. The average molecular weight is 372 g/mol. The predicted octanol–water partition coefficient (Wildman–Crippen LogP) is 3.39. The summed E-state index contributed by atoms with van der Waals surface area (Å²) in [6.45, 7) is 3.24. The van der Waals surface area contributed by atoms with Crippen LogP contribution in [0.5, 0.6) is 0 Å². The van der Waals surface area contributed by atoms with Crippen molar-refractivity contribution in [1.82, 2.24) is 9.88 Å². The zero-order valence-corrected chi connectivity index (χ0v) is 14.5. The van der Waals surface area contributed by atoms with Crippen LogP contribution in [0.15, 0.2) is 23.6 Å². The van der Waals surface area contributed by atoms with Gasteiger partial charge in [-0.1, -0.05) is 23.2 Å². The molecule has 1 aliphatic rings. The lowest BCUT2D eigenvalue weighted by Crippen LogP contribution is -2.41. The van der Waals surface area contributed by atoms with Crippen LogP contribution in [0.25, 0.3) is 11.3 Å². The highest BCUT2D eigenvalue weighted by atomic mass is 35.5. The highest BCUT2D eigenvalue weighted by Gasteiger charge is 2.16. The summed E-state index contributed by atoms with van der Waals surface area (Å²) >= 11 is 13.5. The molecule has 1 aromatic heterocycles. The second kappa shape index (κ2) is 7.59. The van der Waals surface area contributed by atoms with Gasteiger partial charge in [0.25, 0.3) is 0 Å². The number of halogens is 2. The lowest BCUT2D eigenvalue weighted by Gasteiger charge is -2.25. The van der Waals surface area contributed by atoms with E-state index in [1.807, 2.05) is 11.4 Å². The summed E-state index contributed by atoms with van der Waals surface area (Å²) in [4.78, 5) is 18.5. The van der Waals surface area contributed by atoms with Crippen molar-refractivity contribution in [2.45, 2.75) is 0 Å². The zero-order valence-electron chi connectivity index (χ0n) is 12.2. The van der Waals surface area contributed by atoms with Gasteiger partial charge in [-0.15, -0.1) is 11.3 Å². The molecule has 1 saturated heterocycles. The molecular weight excluding hydrogens is 357 g/mol. The van der Waals surface area contributed by atoms with Crippen LogP contribution in [0.1, 0.15) is 0 Å². The number of thiazole rings is 1. The van der Waals surface area contributed by atoms with Gasteiger partial charge >= 0.3 is 0 Å². The van der Waals surface area contributed by atoms with Crippen molar-refractivity contribution >= 4 is 45.6 Å². The molecule has 0 bridgehead atoms. The molecule has 0 spiro atoms. The van der Waals surface area contributed by atoms with E-state index in [1.165, 1.54) is 11.3 Å². The molecule has 3 rings (SSSR count). The van der Waals surface area contributed by atoms with Gasteiger partial charge < -0.3 is 10.1 Å². The molecule has 0 atom stereocenters. The molecule has 1 aromatic carbocycles. The number of nitrogens with one attached hydrogen (secondary N) is 1. The first-order chi connectivity index (χ1) is 11.1. The maximum atomic E-state index is 12.1. The van der Waals surface area contributed by atoms with Crippen LogP contribution >= 0.6 is 34.5 Å². The van der Waals surface area contributed by atoms with Crippen molar-refractivity contribution in [3.05, 3.63) is 33.6 Å². The molecule has 0 saturated carbocycles. The summed E-state index contributed by atoms with van der Waals surface area (Å²) in [6, 6.07) is 5.26. The first kappa shape index (κ1) is 16.7. The third-order valence-corrected chi connectivity index (χ3v) is 4.73. The number of hydrogen-bond donors (Lipinski definition) is 1. The molecule has 2 heterocycles. The fourth-order valence-electron chi connectivity index (χ4n) is 2.27. The van der Waals surface area contributed by atoms with Crippen molar-refractivity contribution in [2.24, 2.45) is 0 Å². The zero-order chi connectivity index (χ0) is 16.2. The number of benzene rings is 1. The molecule has 0 unspecified atom stereocenters. The Morgan fingerprint density at radius 2 is 2.13 bits per heavy atom. The number of hydrogen-bond acceptors (Lipinski definition) is 5. The Morgan fingerprint density at radius 3 is 2.87 bits per heavy atom. The fourth-order valence-corrected chi connectivity index (χ4v) is 3.51. The van der Waals surface area contributed by atoms with Gasteiger partial charge in [-0.2, -0.15) is 0 Å². The number of carbonyl (C=O) groups is 1. The van der Waals surface area contributed by atoms with E-state index in [0.717, 1.165) is 24.3 Å². The predicted molar refractivity (Wildman–Crippen MR) is 93.5 cm³/mol. The maximum absolute atomic E-state index is 12.1. The molecule has 1 amide bonds. The number of anilines is 1. The first-order valence-corrected chi connectivity index (χ1v) is 8.76. The summed E-state index contributed by atoms with van der Waals surface area (Å²) in [5.74, 6) is -0.0741. The molecule has 2 aromatic rings. The van der Waals surface area contributed by atoms with Gasteiger partial charge in [-0.3, -0.25) is 9.69 Å². The minimum atomic E-state index is -0.0741. The molecule has 5 nitrogen and oxygen atoms in total. The normalized spacial score (nSPS) is 15.6. The second-order valence-electron chi connectivity index (χ2n) is 5.10. The molecule has 8 heteroatoms. The largest absolute Gasteiger partial charge is 0.379 e. The van der Waals surface area contributed by atoms with Gasteiger partial charge in [-0.05, 0) is 18.2 Å². The molecular formula is C15H15Cl2N3O2S. The monoisotopic (exact) mass is 371 g/mol. The van der Waals surface area contributed by atoms with Crippen molar-refractivity contribution in [3.63, 3.8) is 0 Å². The Kier molecular flexibility index (Phi) is 5.50. The lowest BCUT2D eigenvalue weighted by atomic mass is 10.2. The third-order valence-electron chi connectivity index (χ3n) is 3.43. The molecule has 1 aliphatic heterocycles. The topological polar surface area (TPSA) is 54.5 Å². The van der Waals surface area contributed by atoms with E-state index < -0.39 is 0 Å². The number of amides is 1. The number of ether oxygens (including phenoxy) is 1. The molecule has 23 heavy (non-hydrogen) atoms. The number of aromatic nitrogens is 1. The Bertz CT molecular complexity index is 702. The standard InChI is InChI=1S/C15H15Cl2N3O2S/c16-10-1-2-11(12(17)7-10)13-9-23-15(18-13)19-14(21)8-20-3-5-22-6-4-20/h1-2,7,9H,3-6,8H2,(H,18,19,21). The minimum Gasteiger partial charge on any atom is -0.379 e. The number of rotatable bonds is 4. The van der Waals surface area contributed by atoms with E-state index in [1.54, 1.807) is 12.1 Å². The van der Waals surface area contributed by atoms with Crippen LogP contribution < -0.4 is 5.32 Å². The quantitative estimate of drug-likeness (QED) is 0.894. The summed E-state index contributed by atoms with van der Waals surface area (Å²) in [6.07, 6.45) is 0. The van der Waals surface area contributed by atoms with E-state index >= 15 is 0 Å². The smallest absolute Gasteiger partial charge is 0.240 e. The fraction of sp³-hybridized carbons (Fsp3) is 0.333. The van der Waals surface area contributed by atoms with Crippen LogP contribution in [0.4, 0.5) is 5.13 Å². The van der Waals surface area contributed by atoms with Crippen LogP contribution in [-0.4, -0.2) is 48.6 Å². The van der Waals surface area contributed by atoms with E-state index in [0.29, 0.717) is 34.9 Å².